The molecule has 2 heterocycles. The lowest BCUT2D eigenvalue weighted by Crippen LogP contribution is -2.56. The molecule has 1 N–H and O–H groups in total. The van der Waals surface area contributed by atoms with Gasteiger partial charge in [-0.15, -0.1) is 12.3 Å². The Labute approximate surface area is 245 Å². The molecule has 1 fully saturated rings. The monoisotopic (exact) mass is 572 g/mol. The molecule has 228 valence electrons. The van der Waals surface area contributed by atoms with Gasteiger partial charge in [0.05, 0.1) is 20.9 Å². The highest BCUT2D eigenvalue weighted by molar-refractivity contribution is 5.81. The first-order valence-corrected chi connectivity index (χ1v) is 13.6. The summed E-state index contributed by atoms with van der Waals surface area (Å²) in [6, 6.07) is 0.453. The summed E-state index contributed by atoms with van der Waals surface area (Å²) < 4.78 is 10.8. The van der Waals surface area contributed by atoms with Crippen LogP contribution in [0.25, 0.3) is 0 Å². The molecule has 12 heteroatoms. The van der Waals surface area contributed by atoms with Crippen LogP contribution in [0.1, 0.15) is 26.7 Å². The van der Waals surface area contributed by atoms with Gasteiger partial charge in [0.25, 0.3) is 6.47 Å². The van der Waals surface area contributed by atoms with E-state index in [1.54, 1.807) is 37.4 Å². The van der Waals surface area contributed by atoms with Crippen LogP contribution in [0.5, 0.6) is 0 Å². The zero-order valence-corrected chi connectivity index (χ0v) is 25.7. The summed E-state index contributed by atoms with van der Waals surface area (Å²) in [7, 11) is 9.33. The van der Waals surface area contributed by atoms with Crippen LogP contribution in [0.4, 0.5) is 0 Å². The fourth-order valence-corrected chi connectivity index (χ4v) is 4.44. The predicted molar refractivity (Wildman–Crippen MR) is 162 cm³/mol. The molecule has 0 amide bonds. The number of terminal acetylenes is 1. The third-order valence-corrected chi connectivity index (χ3v) is 6.38. The molecule has 41 heavy (non-hydrogen) atoms. The Kier molecular flexibility index (Phi) is 17.5. The number of nitrogens with zero attached hydrogens (tertiary/aromatic N) is 8. The Morgan fingerprint density at radius 2 is 2.02 bits per heavy atom. The molecule has 0 aromatic carbocycles. The third kappa shape index (κ3) is 13.0. The number of ether oxygens (including phenoxy) is 2. The molecular weight excluding hydrogens is 524 g/mol. The van der Waals surface area contributed by atoms with Gasteiger partial charge < -0.3 is 29.3 Å². The van der Waals surface area contributed by atoms with Gasteiger partial charge >= 0.3 is 0 Å². The van der Waals surface area contributed by atoms with Crippen molar-refractivity contribution < 1.29 is 19.4 Å². The number of rotatable bonds is 10. The van der Waals surface area contributed by atoms with E-state index >= 15 is 0 Å². The second-order valence-corrected chi connectivity index (χ2v) is 9.68. The number of aliphatic hydroxyl groups excluding tert-OH is 1. The molecule has 3 rings (SSSR count). The summed E-state index contributed by atoms with van der Waals surface area (Å²) in [5.41, 5.74) is 1.26. The van der Waals surface area contributed by atoms with E-state index in [2.05, 4.69) is 72.9 Å². The van der Waals surface area contributed by atoms with Crippen molar-refractivity contribution >= 4 is 12.4 Å². The highest BCUT2D eigenvalue weighted by Crippen LogP contribution is 2.18. The Balaban J connectivity index is 0.00000108. The molecular formula is C29H48N8O4. The molecule has 1 atom stereocenters. The van der Waals surface area contributed by atoms with Gasteiger partial charge in [-0.2, -0.15) is 9.78 Å². The van der Waals surface area contributed by atoms with E-state index in [1.807, 2.05) is 19.1 Å². The molecule has 2 aliphatic rings. The topological polar surface area (TPSA) is 112 Å². The maximum absolute atomic E-state index is 10.0. The lowest BCUT2D eigenvalue weighted by molar-refractivity contribution is -0.126. The van der Waals surface area contributed by atoms with Crippen LogP contribution in [-0.4, -0.2) is 139 Å². The number of carbonyl (C=O) groups is 1. The van der Waals surface area contributed by atoms with E-state index < -0.39 is 0 Å². The Bertz CT molecular complexity index is 1050. The molecule has 1 saturated heterocycles. The fraction of sp³-hybridized carbons (Fsp3) is 0.586. The van der Waals surface area contributed by atoms with Gasteiger partial charge in [-0.25, -0.2) is 4.98 Å². The van der Waals surface area contributed by atoms with Gasteiger partial charge in [-0.3, -0.25) is 14.7 Å². The molecule has 1 aromatic heterocycles. The molecule has 0 radical (unpaired) electrons. The number of methoxy groups -OCH3 is 2. The average molecular weight is 573 g/mol. The van der Waals surface area contributed by atoms with Crippen molar-refractivity contribution in [2.75, 3.05) is 81.3 Å². The third-order valence-electron chi connectivity index (χ3n) is 6.38. The molecule has 0 bridgehead atoms. The number of allylic oxidation sites excluding steroid dienone is 3. The Morgan fingerprint density at radius 1 is 1.32 bits per heavy atom. The molecule has 0 spiro atoms. The minimum Gasteiger partial charge on any atom is -0.504 e. The largest absolute Gasteiger partial charge is 0.504 e. The lowest BCUT2D eigenvalue weighted by Gasteiger charge is -2.42. The molecule has 1 aliphatic heterocycles. The second kappa shape index (κ2) is 20.3. The van der Waals surface area contributed by atoms with Crippen molar-refractivity contribution in [1.29, 1.82) is 0 Å². The van der Waals surface area contributed by atoms with E-state index in [0.717, 1.165) is 58.2 Å². The average Bonchev–Trinajstić information content (AvgIpc) is 3.43. The number of hydrogen-bond acceptors (Lipinski definition) is 10. The number of carbonyl (C=O) groups excluding carboxylic acids is 1. The predicted octanol–water partition coefficient (Wildman–Crippen LogP) is 2.06. The Hall–Kier alpha value is -3.66. The van der Waals surface area contributed by atoms with E-state index in [1.165, 1.54) is 12.7 Å². The van der Waals surface area contributed by atoms with E-state index in [-0.39, 0.29) is 5.76 Å². The summed E-state index contributed by atoms with van der Waals surface area (Å²) in [5.74, 6) is 3.78. The minimum atomic E-state index is 0.182. The van der Waals surface area contributed by atoms with Crippen LogP contribution < -0.4 is 0 Å². The summed E-state index contributed by atoms with van der Waals surface area (Å²) in [6.07, 6.45) is 15.4. The summed E-state index contributed by atoms with van der Waals surface area (Å²) in [5, 5.41) is 14.3. The van der Waals surface area contributed by atoms with Crippen LogP contribution in [0, 0.1) is 12.3 Å². The number of aliphatic hydroxyl groups is 1. The van der Waals surface area contributed by atoms with E-state index in [9.17, 15) is 5.11 Å². The summed E-state index contributed by atoms with van der Waals surface area (Å²) in [4.78, 5) is 27.2. The highest BCUT2D eigenvalue weighted by atomic mass is 16.5. The standard InChI is InChI=1S/C24H40N8O2.C3H4.C2H4O2/c1-6-26-24(32-18-25-17-27-32)30(4)19-31-14-13-29(3)16-21(31)11-12-28(2)15-20-7-9-22(33)23(34-5)10-8-20;1-3-2;1-4-2-3/h7,9-10,17-18,21,33H,6,8,11-16,19H2,1-5H3;1H,2H3;2H,1H3. The van der Waals surface area contributed by atoms with E-state index in [0.29, 0.717) is 24.8 Å². The normalized spacial score (nSPS) is 17.8. The van der Waals surface area contributed by atoms with Gasteiger partial charge in [0, 0.05) is 45.8 Å². The van der Waals surface area contributed by atoms with Gasteiger partial charge in [0.15, 0.2) is 11.5 Å². The van der Waals surface area contributed by atoms with Gasteiger partial charge in [-0.05, 0) is 59.5 Å². The van der Waals surface area contributed by atoms with Crippen molar-refractivity contribution in [3.05, 3.63) is 48.0 Å². The molecule has 0 saturated carbocycles. The van der Waals surface area contributed by atoms with Gasteiger partial charge in [-0.1, -0.05) is 11.6 Å². The van der Waals surface area contributed by atoms with Crippen LogP contribution in [0.3, 0.4) is 0 Å². The number of aliphatic imine (C=N–C) groups is 1. The van der Waals surface area contributed by atoms with Gasteiger partial charge in [0.1, 0.15) is 12.7 Å². The molecule has 1 aromatic rings. The van der Waals surface area contributed by atoms with Crippen molar-refractivity contribution in [3.63, 3.8) is 0 Å². The first kappa shape index (κ1) is 35.4. The Morgan fingerprint density at radius 3 is 2.61 bits per heavy atom. The van der Waals surface area contributed by atoms with Crippen LogP contribution in [-0.2, 0) is 14.3 Å². The number of aromatic nitrogens is 3. The number of piperazine rings is 1. The number of likely N-dealkylation sites (N-methyl/N-ethyl adjacent to an activating group) is 2. The molecule has 12 nitrogen and oxygen atoms in total. The highest BCUT2D eigenvalue weighted by Gasteiger charge is 2.27. The first-order valence-electron chi connectivity index (χ1n) is 13.6. The smallest absolute Gasteiger partial charge is 0.292 e. The first-order chi connectivity index (χ1) is 19.7. The quantitative estimate of drug-likeness (QED) is 0.194. The number of hydrogen-bond donors (Lipinski definition) is 1. The minimum absolute atomic E-state index is 0.182. The van der Waals surface area contributed by atoms with Crippen LogP contribution in [0.2, 0.25) is 0 Å². The van der Waals surface area contributed by atoms with Gasteiger partial charge in [0.2, 0.25) is 5.96 Å². The van der Waals surface area contributed by atoms with Crippen molar-refractivity contribution in [1.82, 2.24) is 34.4 Å². The van der Waals surface area contributed by atoms with Crippen molar-refractivity contribution in [2.24, 2.45) is 4.99 Å². The molecule has 1 unspecified atom stereocenters. The zero-order chi connectivity index (χ0) is 30.6. The second-order valence-electron chi connectivity index (χ2n) is 9.68. The van der Waals surface area contributed by atoms with Crippen LogP contribution >= 0.6 is 0 Å². The summed E-state index contributed by atoms with van der Waals surface area (Å²) in [6.45, 7) is 10.5. The fourth-order valence-electron chi connectivity index (χ4n) is 4.44. The zero-order valence-electron chi connectivity index (χ0n) is 25.7. The van der Waals surface area contributed by atoms with E-state index in [4.69, 9.17) is 9.53 Å². The van der Waals surface area contributed by atoms with Crippen molar-refractivity contribution in [2.45, 2.75) is 32.7 Å². The SMILES string of the molecule is C#CC.CCN=C(N(C)CN1CCN(C)CC1CCN(C)CC1=CC=C(O)C(OC)=CC1)n1cncn1.COC=O. The molecule has 1 aliphatic carbocycles. The summed E-state index contributed by atoms with van der Waals surface area (Å²) >= 11 is 0. The lowest BCUT2D eigenvalue weighted by atomic mass is 10.1. The maximum atomic E-state index is 10.0. The maximum Gasteiger partial charge on any atom is 0.292 e. The van der Waals surface area contributed by atoms with Crippen molar-refractivity contribution in [3.8, 4) is 12.3 Å². The van der Waals surface area contributed by atoms with Crippen LogP contribution in [0.15, 0.2) is 53.0 Å².